The van der Waals surface area contributed by atoms with Crippen LogP contribution in [0.2, 0.25) is 0 Å². The SMILES string of the molecule is N#Cc1cnc2c(Br)cccc2c1NC[C@H](O)CO. The number of aliphatic hydroxyl groups excluding tert-OH is 2. The summed E-state index contributed by atoms with van der Waals surface area (Å²) < 4.78 is 0.834. The van der Waals surface area contributed by atoms with Crippen molar-refractivity contribution in [1.29, 1.82) is 5.26 Å². The van der Waals surface area contributed by atoms with E-state index < -0.39 is 6.10 Å². The van der Waals surface area contributed by atoms with Gasteiger partial charge in [0, 0.05) is 22.6 Å². The van der Waals surface area contributed by atoms with Gasteiger partial charge in [-0.2, -0.15) is 5.26 Å². The normalized spacial score (nSPS) is 12.1. The summed E-state index contributed by atoms with van der Waals surface area (Å²) in [5.74, 6) is 0. The van der Waals surface area contributed by atoms with Gasteiger partial charge in [0.2, 0.25) is 0 Å². The predicted molar refractivity (Wildman–Crippen MR) is 75.7 cm³/mol. The molecule has 1 heterocycles. The third-order valence-electron chi connectivity index (χ3n) is 2.69. The lowest BCUT2D eigenvalue weighted by atomic mass is 10.1. The van der Waals surface area contributed by atoms with Crippen molar-refractivity contribution in [3.05, 3.63) is 34.4 Å². The third kappa shape index (κ3) is 2.84. The van der Waals surface area contributed by atoms with Crippen LogP contribution in [0, 0.1) is 11.3 Å². The molecule has 1 aromatic heterocycles. The van der Waals surface area contributed by atoms with Crippen LogP contribution >= 0.6 is 15.9 Å². The van der Waals surface area contributed by atoms with Crippen LogP contribution in [0.3, 0.4) is 0 Å². The molecule has 0 bridgehead atoms. The number of fused-ring (bicyclic) bond motifs is 1. The molecule has 2 rings (SSSR count). The van der Waals surface area contributed by atoms with Crippen LogP contribution < -0.4 is 5.32 Å². The first-order chi connectivity index (χ1) is 9.17. The van der Waals surface area contributed by atoms with E-state index in [-0.39, 0.29) is 13.2 Å². The number of para-hydroxylation sites is 1. The minimum absolute atomic E-state index is 0.163. The Morgan fingerprint density at radius 2 is 2.26 bits per heavy atom. The maximum absolute atomic E-state index is 9.39. The molecule has 0 aliphatic carbocycles. The Morgan fingerprint density at radius 1 is 1.47 bits per heavy atom. The topological polar surface area (TPSA) is 89.2 Å². The fraction of sp³-hybridized carbons (Fsp3) is 0.231. The van der Waals surface area contributed by atoms with Crippen LogP contribution in [0.4, 0.5) is 5.69 Å². The van der Waals surface area contributed by atoms with Gasteiger partial charge in [-0.1, -0.05) is 12.1 Å². The predicted octanol–water partition coefficient (Wildman–Crippen LogP) is 1.63. The Hall–Kier alpha value is -1.68. The van der Waals surface area contributed by atoms with Gasteiger partial charge >= 0.3 is 0 Å². The van der Waals surface area contributed by atoms with Crippen LogP contribution in [0.25, 0.3) is 10.9 Å². The highest BCUT2D eigenvalue weighted by Gasteiger charge is 2.11. The van der Waals surface area contributed by atoms with E-state index in [2.05, 4.69) is 32.3 Å². The fourth-order valence-electron chi connectivity index (χ4n) is 1.75. The summed E-state index contributed by atoms with van der Waals surface area (Å²) in [7, 11) is 0. The standard InChI is InChI=1S/C13H12BrN3O2/c14-11-3-1-2-10-12(17-6-9(19)7-18)8(4-15)5-16-13(10)11/h1-3,5,9,18-19H,6-7H2,(H,16,17)/t9-/m0/s1. The summed E-state index contributed by atoms with van der Waals surface area (Å²) in [6, 6.07) is 7.63. The van der Waals surface area contributed by atoms with Gasteiger partial charge in [-0.05, 0) is 22.0 Å². The number of aliphatic hydroxyl groups is 2. The van der Waals surface area contributed by atoms with E-state index >= 15 is 0 Å². The van der Waals surface area contributed by atoms with Crippen molar-refractivity contribution in [2.75, 3.05) is 18.5 Å². The van der Waals surface area contributed by atoms with Crippen molar-refractivity contribution in [2.24, 2.45) is 0 Å². The van der Waals surface area contributed by atoms with Crippen molar-refractivity contribution in [2.45, 2.75) is 6.10 Å². The van der Waals surface area contributed by atoms with Gasteiger partial charge < -0.3 is 15.5 Å². The molecular weight excluding hydrogens is 310 g/mol. The van der Waals surface area contributed by atoms with Crippen LogP contribution in [0.5, 0.6) is 0 Å². The van der Waals surface area contributed by atoms with Crippen LogP contribution in [0.1, 0.15) is 5.56 Å². The zero-order valence-electron chi connectivity index (χ0n) is 9.97. The van der Waals surface area contributed by atoms with Crippen molar-refractivity contribution >= 4 is 32.5 Å². The molecule has 0 unspecified atom stereocenters. The van der Waals surface area contributed by atoms with E-state index in [4.69, 9.17) is 10.4 Å². The number of nitriles is 1. The van der Waals surface area contributed by atoms with Crippen molar-refractivity contribution in [3.8, 4) is 6.07 Å². The summed E-state index contributed by atoms with van der Waals surface area (Å²) in [6.45, 7) is -0.168. The van der Waals surface area contributed by atoms with E-state index in [9.17, 15) is 5.11 Å². The molecule has 0 aliphatic rings. The Bertz CT molecular complexity index is 640. The lowest BCUT2D eigenvalue weighted by Gasteiger charge is -2.14. The molecule has 3 N–H and O–H groups in total. The number of benzene rings is 1. The Morgan fingerprint density at radius 3 is 2.95 bits per heavy atom. The lowest BCUT2D eigenvalue weighted by Crippen LogP contribution is -2.23. The van der Waals surface area contributed by atoms with E-state index in [1.165, 1.54) is 6.20 Å². The van der Waals surface area contributed by atoms with Gasteiger partial charge in [0.05, 0.1) is 29.5 Å². The maximum Gasteiger partial charge on any atom is 0.103 e. The third-order valence-corrected chi connectivity index (χ3v) is 3.33. The van der Waals surface area contributed by atoms with Gasteiger partial charge in [0.1, 0.15) is 6.07 Å². The number of aromatic nitrogens is 1. The summed E-state index contributed by atoms with van der Waals surface area (Å²) in [6.07, 6.45) is 0.614. The smallest absolute Gasteiger partial charge is 0.103 e. The van der Waals surface area contributed by atoms with E-state index in [0.717, 1.165) is 15.4 Å². The molecule has 0 spiro atoms. The maximum atomic E-state index is 9.39. The van der Waals surface area contributed by atoms with E-state index in [1.54, 1.807) is 0 Å². The minimum Gasteiger partial charge on any atom is -0.394 e. The highest BCUT2D eigenvalue weighted by molar-refractivity contribution is 9.10. The van der Waals surface area contributed by atoms with E-state index in [1.807, 2.05) is 18.2 Å². The minimum atomic E-state index is -0.873. The van der Waals surface area contributed by atoms with Crippen LogP contribution in [0.15, 0.2) is 28.9 Å². The molecule has 2 aromatic rings. The molecule has 5 nitrogen and oxygen atoms in total. The molecule has 0 aliphatic heterocycles. The zero-order chi connectivity index (χ0) is 13.8. The molecule has 6 heteroatoms. The van der Waals surface area contributed by atoms with Crippen molar-refractivity contribution < 1.29 is 10.2 Å². The lowest BCUT2D eigenvalue weighted by molar-refractivity contribution is 0.105. The van der Waals surface area contributed by atoms with Gasteiger partial charge in [-0.3, -0.25) is 4.98 Å². The Balaban J connectivity index is 2.50. The summed E-state index contributed by atoms with van der Waals surface area (Å²) in [5.41, 5.74) is 1.75. The second-order valence-corrected chi connectivity index (χ2v) is 4.87. The van der Waals surface area contributed by atoms with Crippen LogP contribution in [-0.2, 0) is 0 Å². The number of rotatable bonds is 4. The molecule has 1 aromatic carbocycles. The summed E-state index contributed by atoms with van der Waals surface area (Å²) in [5, 5.41) is 31.1. The Labute approximate surface area is 118 Å². The average Bonchev–Trinajstić information content (AvgIpc) is 2.44. The molecule has 0 radical (unpaired) electrons. The molecule has 0 saturated heterocycles. The number of pyridine rings is 1. The van der Waals surface area contributed by atoms with Crippen molar-refractivity contribution in [3.63, 3.8) is 0 Å². The molecular formula is C13H12BrN3O2. The number of hydrogen-bond donors (Lipinski definition) is 3. The zero-order valence-corrected chi connectivity index (χ0v) is 11.6. The first-order valence-corrected chi connectivity index (χ1v) is 6.46. The van der Waals surface area contributed by atoms with Gasteiger partial charge in [-0.25, -0.2) is 0 Å². The number of anilines is 1. The molecule has 0 saturated carbocycles. The van der Waals surface area contributed by atoms with E-state index in [0.29, 0.717) is 11.3 Å². The molecule has 0 amide bonds. The summed E-state index contributed by atoms with van der Waals surface area (Å²) >= 11 is 3.41. The average molecular weight is 322 g/mol. The molecule has 98 valence electrons. The van der Waals surface area contributed by atoms with Gasteiger partial charge in [0.15, 0.2) is 0 Å². The molecule has 0 fully saturated rings. The van der Waals surface area contributed by atoms with Gasteiger partial charge in [-0.15, -0.1) is 0 Å². The highest BCUT2D eigenvalue weighted by Crippen LogP contribution is 2.29. The second-order valence-electron chi connectivity index (χ2n) is 4.01. The number of nitrogens with one attached hydrogen (secondary N) is 1. The number of halogens is 1. The Kier molecular flexibility index (Phi) is 4.32. The molecule has 1 atom stereocenters. The van der Waals surface area contributed by atoms with Crippen molar-refractivity contribution in [1.82, 2.24) is 4.98 Å². The largest absolute Gasteiger partial charge is 0.394 e. The summed E-state index contributed by atoms with van der Waals surface area (Å²) in [4.78, 5) is 4.24. The van der Waals surface area contributed by atoms with Crippen LogP contribution in [-0.4, -0.2) is 34.5 Å². The monoisotopic (exact) mass is 321 g/mol. The second kappa shape index (κ2) is 5.97. The molecule has 19 heavy (non-hydrogen) atoms. The van der Waals surface area contributed by atoms with Gasteiger partial charge in [0.25, 0.3) is 0 Å². The fourth-order valence-corrected chi connectivity index (χ4v) is 2.22. The first kappa shape index (κ1) is 13.7. The number of nitrogens with zero attached hydrogens (tertiary/aromatic N) is 2. The first-order valence-electron chi connectivity index (χ1n) is 5.67. The number of hydrogen-bond acceptors (Lipinski definition) is 5. The highest BCUT2D eigenvalue weighted by atomic mass is 79.9. The quantitative estimate of drug-likeness (QED) is 0.796.